The monoisotopic (exact) mass is 287 g/mol. The Balaban J connectivity index is 2.59. The van der Waals surface area contributed by atoms with Gasteiger partial charge in [-0.3, -0.25) is 0 Å². The molecule has 0 heterocycles. The maximum absolute atomic E-state index is 14.3. The van der Waals surface area contributed by atoms with Crippen LogP contribution in [-0.2, 0) is 0 Å². The van der Waals surface area contributed by atoms with Crippen LogP contribution in [0.3, 0.4) is 0 Å². The molecule has 0 bridgehead atoms. The zero-order valence-electron chi connectivity index (χ0n) is 13.3. The number of ether oxygens (including phenoxy) is 1. The first-order chi connectivity index (χ1) is 9.99. The molecule has 0 aliphatic rings. The van der Waals surface area contributed by atoms with Crippen LogP contribution in [0.15, 0.2) is 30.3 Å². The number of halogens is 1. The second-order valence-corrected chi connectivity index (χ2v) is 5.38. The summed E-state index contributed by atoms with van der Waals surface area (Å²) in [5.74, 6) is 0.615. The summed E-state index contributed by atoms with van der Waals surface area (Å²) in [4.78, 5) is 0. The van der Waals surface area contributed by atoms with Crippen molar-refractivity contribution in [3.8, 4) is 5.75 Å². The van der Waals surface area contributed by atoms with Crippen LogP contribution in [0.4, 0.5) is 4.39 Å². The Labute approximate surface area is 126 Å². The molecule has 0 amide bonds. The van der Waals surface area contributed by atoms with Crippen molar-refractivity contribution in [1.29, 1.82) is 0 Å². The van der Waals surface area contributed by atoms with Gasteiger partial charge in [0.05, 0.1) is 13.2 Å². The molecule has 2 aromatic rings. The van der Waals surface area contributed by atoms with Crippen molar-refractivity contribution in [1.82, 2.24) is 5.32 Å². The van der Waals surface area contributed by atoms with Crippen molar-refractivity contribution in [2.75, 3.05) is 14.2 Å². The summed E-state index contributed by atoms with van der Waals surface area (Å²) < 4.78 is 19.9. The van der Waals surface area contributed by atoms with Crippen LogP contribution in [0.25, 0.3) is 0 Å². The average Bonchev–Trinajstić information content (AvgIpc) is 2.45. The lowest BCUT2D eigenvalue weighted by Gasteiger charge is -2.22. The molecule has 1 N–H and O–H groups in total. The summed E-state index contributed by atoms with van der Waals surface area (Å²) >= 11 is 0. The normalized spacial score (nSPS) is 12.3. The van der Waals surface area contributed by atoms with Gasteiger partial charge in [0.15, 0.2) is 0 Å². The molecule has 0 radical (unpaired) electrons. The van der Waals surface area contributed by atoms with E-state index in [1.807, 2.05) is 52.1 Å². The molecule has 21 heavy (non-hydrogen) atoms. The van der Waals surface area contributed by atoms with Gasteiger partial charge in [0, 0.05) is 11.1 Å². The third-order valence-electron chi connectivity index (χ3n) is 3.98. The Kier molecular flexibility index (Phi) is 4.63. The minimum Gasteiger partial charge on any atom is -0.496 e. The highest BCUT2D eigenvalue weighted by molar-refractivity contribution is 5.49. The van der Waals surface area contributed by atoms with E-state index in [0.29, 0.717) is 5.56 Å². The number of benzene rings is 2. The van der Waals surface area contributed by atoms with Gasteiger partial charge in [-0.15, -0.1) is 0 Å². The Bertz CT molecular complexity index is 652. The predicted octanol–water partition coefficient (Wildman–Crippen LogP) is 4.07. The van der Waals surface area contributed by atoms with Gasteiger partial charge in [-0.25, -0.2) is 4.39 Å². The third-order valence-corrected chi connectivity index (χ3v) is 3.98. The molecule has 0 fully saturated rings. The first kappa shape index (κ1) is 15.5. The maximum Gasteiger partial charge on any atom is 0.128 e. The summed E-state index contributed by atoms with van der Waals surface area (Å²) in [6, 6.07) is 9.13. The summed E-state index contributed by atoms with van der Waals surface area (Å²) in [5.41, 5.74) is 4.74. The average molecular weight is 287 g/mol. The SMILES string of the molecule is CNC(c1ccc(C)cc1F)c1ccc(C)c(C)c1OC. The number of hydrogen-bond donors (Lipinski definition) is 1. The Morgan fingerprint density at radius 3 is 2.29 bits per heavy atom. The van der Waals surface area contributed by atoms with Gasteiger partial charge in [-0.2, -0.15) is 0 Å². The van der Waals surface area contributed by atoms with Crippen molar-refractivity contribution in [2.45, 2.75) is 26.8 Å². The summed E-state index contributed by atoms with van der Waals surface area (Å²) in [7, 11) is 3.49. The molecule has 1 atom stereocenters. The highest BCUT2D eigenvalue weighted by Gasteiger charge is 2.21. The first-order valence-electron chi connectivity index (χ1n) is 7.07. The van der Waals surface area contributed by atoms with Crippen molar-refractivity contribution >= 4 is 0 Å². The minimum absolute atomic E-state index is 0.199. The molecule has 2 nitrogen and oxygen atoms in total. The van der Waals surface area contributed by atoms with Gasteiger partial charge in [0.1, 0.15) is 11.6 Å². The highest BCUT2D eigenvalue weighted by Crippen LogP contribution is 2.35. The molecule has 0 spiro atoms. The second kappa shape index (κ2) is 6.27. The van der Waals surface area contributed by atoms with E-state index in [0.717, 1.165) is 28.0 Å². The van der Waals surface area contributed by atoms with Gasteiger partial charge in [0.25, 0.3) is 0 Å². The van der Waals surface area contributed by atoms with Gasteiger partial charge in [-0.1, -0.05) is 24.3 Å². The van der Waals surface area contributed by atoms with Crippen LogP contribution in [0.5, 0.6) is 5.75 Å². The number of aryl methyl sites for hydroxylation is 2. The molecule has 0 saturated heterocycles. The van der Waals surface area contributed by atoms with E-state index in [4.69, 9.17) is 4.74 Å². The lowest BCUT2D eigenvalue weighted by molar-refractivity contribution is 0.401. The largest absolute Gasteiger partial charge is 0.496 e. The number of hydrogen-bond acceptors (Lipinski definition) is 2. The zero-order chi connectivity index (χ0) is 15.6. The van der Waals surface area contributed by atoms with Crippen LogP contribution in [0.1, 0.15) is 33.9 Å². The molecular weight excluding hydrogens is 265 g/mol. The molecule has 0 aromatic heterocycles. The van der Waals surface area contributed by atoms with E-state index in [9.17, 15) is 4.39 Å². The highest BCUT2D eigenvalue weighted by atomic mass is 19.1. The van der Waals surface area contributed by atoms with E-state index in [1.165, 1.54) is 0 Å². The first-order valence-corrected chi connectivity index (χ1v) is 7.07. The van der Waals surface area contributed by atoms with E-state index >= 15 is 0 Å². The number of rotatable bonds is 4. The molecule has 0 aliphatic heterocycles. The molecule has 2 aromatic carbocycles. The minimum atomic E-state index is -0.236. The summed E-state index contributed by atoms with van der Waals surface area (Å²) in [6.07, 6.45) is 0. The Morgan fingerprint density at radius 2 is 1.71 bits per heavy atom. The van der Waals surface area contributed by atoms with Gasteiger partial charge >= 0.3 is 0 Å². The van der Waals surface area contributed by atoms with Crippen LogP contribution < -0.4 is 10.1 Å². The van der Waals surface area contributed by atoms with E-state index in [-0.39, 0.29) is 11.9 Å². The molecular formula is C18H22FNO. The topological polar surface area (TPSA) is 21.3 Å². The summed E-state index contributed by atoms with van der Waals surface area (Å²) in [6.45, 7) is 5.95. The van der Waals surface area contributed by atoms with Crippen molar-refractivity contribution in [3.05, 3.63) is 64.0 Å². The van der Waals surface area contributed by atoms with Crippen LogP contribution in [-0.4, -0.2) is 14.2 Å². The standard InChI is InChI=1S/C18H22FNO/c1-11-6-8-14(16(19)10-11)17(20-4)15-9-7-12(2)13(3)18(15)21-5/h6-10,17,20H,1-5H3. The third kappa shape index (κ3) is 2.93. The molecule has 3 heteroatoms. The van der Waals surface area contributed by atoms with E-state index in [1.54, 1.807) is 13.2 Å². The van der Waals surface area contributed by atoms with Crippen molar-refractivity contribution in [3.63, 3.8) is 0 Å². The van der Waals surface area contributed by atoms with E-state index in [2.05, 4.69) is 5.32 Å². The quantitative estimate of drug-likeness (QED) is 0.915. The smallest absolute Gasteiger partial charge is 0.128 e. The van der Waals surface area contributed by atoms with Gasteiger partial charge in [-0.05, 0) is 50.6 Å². The van der Waals surface area contributed by atoms with E-state index < -0.39 is 0 Å². The Hall–Kier alpha value is -1.87. The molecule has 0 saturated carbocycles. The summed E-state index contributed by atoms with van der Waals surface area (Å²) in [5, 5.41) is 3.20. The fraction of sp³-hybridized carbons (Fsp3) is 0.333. The molecule has 2 rings (SSSR count). The lowest BCUT2D eigenvalue weighted by atomic mass is 9.93. The molecule has 1 unspecified atom stereocenters. The van der Waals surface area contributed by atoms with Crippen LogP contribution in [0.2, 0.25) is 0 Å². The molecule has 112 valence electrons. The number of methoxy groups -OCH3 is 1. The van der Waals surface area contributed by atoms with Crippen LogP contribution >= 0.6 is 0 Å². The number of nitrogens with one attached hydrogen (secondary N) is 1. The fourth-order valence-electron chi connectivity index (χ4n) is 2.65. The predicted molar refractivity (Wildman–Crippen MR) is 84.5 cm³/mol. The van der Waals surface area contributed by atoms with Crippen molar-refractivity contribution < 1.29 is 9.13 Å². The molecule has 0 aliphatic carbocycles. The van der Waals surface area contributed by atoms with Crippen LogP contribution in [0, 0.1) is 26.6 Å². The zero-order valence-corrected chi connectivity index (χ0v) is 13.3. The maximum atomic E-state index is 14.3. The van der Waals surface area contributed by atoms with Gasteiger partial charge < -0.3 is 10.1 Å². The lowest BCUT2D eigenvalue weighted by Crippen LogP contribution is -2.20. The second-order valence-electron chi connectivity index (χ2n) is 5.38. The fourth-order valence-corrected chi connectivity index (χ4v) is 2.65. The van der Waals surface area contributed by atoms with Gasteiger partial charge in [0.2, 0.25) is 0 Å². The Morgan fingerprint density at radius 1 is 1.05 bits per heavy atom. The van der Waals surface area contributed by atoms with Crippen molar-refractivity contribution in [2.24, 2.45) is 0 Å².